The van der Waals surface area contributed by atoms with E-state index in [0.29, 0.717) is 24.4 Å². The van der Waals surface area contributed by atoms with Crippen LogP contribution in [0.5, 0.6) is 5.75 Å². The zero-order chi connectivity index (χ0) is 17.7. The molecule has 2 rings (SSSR count). The minimum absolute atomic E-state index is 0.0166. The van der Waals surface area contributed by atoms with Crippen LogP contribution in [0.25, 0.3) is 0 Å². The van der Waals surface area contributed by atoms with Crippen LogP contribution in [0.15, 0.2) is 30.5 Å². The lowest BCUT2D eigenvalue weighted by molar-refractivity contribution is -0.120. The zero-order valence-corrected chi connectivity index (χ0v) is 14.1. The number of amides is 1. The number of nitrogens with one attached hydrogen (secondary N) is 1. The molecule has 1 aromatic heterocycles. The normalized spacial score (nSPS) is 10.5. The average molecular weight is 330 g/mol. The van der Waals surface area contributed by atoms with Crippen molar-refractivity contribution in [1.82, 2.24) is 9.88 Å². The van der Waals surface area contributed by atoms with Gasteiger partial charge in [0.15, 0.2) is 0 Å². The number of nitrogens with zero attached hydrogens (tertiary/aromatic N) is 1. The van der Waals surface area contributed by atoms with Crippen molar-refractivity contribution in [3.63, 3.8) is 0 Å². The Hall–Kier alpha value is -2.76. The SMILES string of the molecule is CCOc1ccccc1CNC(=O)Cc1c(C(=O)O)c(C)cn1C. The van der Waals surface area contributed by atoms with Gasteiger partial charge in [-0.05, 0) is 25.5 Å². The number of carbonyl (C=O) groups is 2. The molecule has 0 saturated heterocycles. The van der Waals surface area contributed by atoms with Gasteiger partial charge >= 0.3 is 5.97 Å². The average Bonchev–Trinajstić information content (AvgIpc) is 2.80. The number of aryl methyl sites for hydroxylation is 2. The molecule has 0 aliphatic rings. The molecule has 2 N–H and O–H groups in total. The van der Waals surface area contributed by atoms with E-state index in [1.165, 1.54) is 0 Å². The second-order valence-corrected chi connectivity index (χ2v) is 5.54. The monoisotopic (exact) mass is 330 g/mol. The van der Waals surface area contributed by atoms with E-state index in [2.05, 4.69) is 5.32 Å². The van der Waals surface area contributed by atoms with E-state index in [9.17, 15) is 14.7 Å². The molecule has 2 aromatic rings. The Labute approximate surface area is 141 Å². The molecule has 1 amide bonds. The van der Waals surface area contributed by atoms with Gasteiger partial charge < -0.3 is 19.7 Å². The van der Waals surface area contributed by atoms with E-state index in [4.69, 9.17) is 4.74 Å². The van der Waals surface area contributed by atoms with Crippen molar-refractivity contribution in [2.45, 2.75) is 26.8 Å². The molecule has 0 aliphatic heterocycles. The van der Waals surface area contributed by atoms with Crippen molar-refractivity contribution in [1.29, 1.82) is 0 Å². The number of rotatable bonds is 7. The number of hydrogen-bond acceptors (Lipinski definition) is 3. The first-order valence-electron chi connectivity index (χ1n) is 7.79. The number of ether oxygens (including phenoxy) is 1. The molecule has 24 heavy (non-hydrogen) atoms. The van der Waals surface area contributed by atoms with Crippen molar-refractivity contribution in [3.8, 4) is 5.75 Å². The number of carboxylic acid groups (broad SMARTS) is 1. The van der Waals surface area contributed by atoms with Gasteiger partial charge in [0.05, 0.1) is 18.6 Å². The Kier molecular flexibility index (Phi) is 5.63. The molecule has 1 heterocycles. The molecular weight excluding hydrogens is 308 g/mol. The Morgan fingerprint density at radius 2 is 2.00 bits per heavy atom. The van der Waals surface area contributed by atoms with Gasteiger partial charge in [0.25, 0.3) is 0 Å². The van der Waals surface area contributed by atoms with E-state index in [-0.39, 0.29) is 17.9 Å². The topological polar surface area (TPSA) is 80.6 Å². The number of hydrogen-bond donors (Lipinski definition) is 2. The summed E-state index contributed by atoms with van der Waals surface area (Å²) in [4.78, 5) is 23.6. The summed E-state index contributed by atoms with van der Waals surface area (Å²) >= 11 is 0. The van der Waals surface area contributed by atoms with E-state index >= 15 is 0 Å². The maximum Gasteiger partial charge on any atom is 0.337 e. The third kappa shape index (κ3) is 3.95. The summed E-state index contributed by atoms with van der Waals surface area (Å²) < 4.78 is 7.21. The smallest absolute Gasteiger partial charge is 0.337 e. The van der Waals surface area contributed by atoms with Crippen LogP contribution >= 0.6 is 0 Å². The van der Waals surface area contributed by atoms with Gasteiger partial charge in [-0.15, -0.1) is 0 Å². The van der Waals surface area contributed by atoms with Gasteiger partial charge in [0.2, 0.25) is 5.91 Å². The van der Waals surface area contributed by atoms with Crippen LogP contribution in [0.1, 0.15) is 34.1 Å². The zero-order valence-electron chi connectivity index (χ0n) is 14.1. The molecule has 6 heteroatoms. The summed E-state index contributed by atoms with van der Waals surface area (Å²) in [6.07, 6.45) is 1.74. The molecule has 0 spiro atoms. The van der Waals surface area contributed by atoms with Crippen molar-refractivity contribution in [3.05, 3.63) is 52.8 Å². The summed E-state index contributed by atoms with van der Waals surface area (Å²) in [6, 6.07) is 7.50. The number of carbonyl (C=O) groups excluding carboxylic acids is 1. The fraction of sp³-hybridized carbons (Fsp3) is 0.333. The third-order valence-corrected chi connectivity index (χ3v) is 3.79. The number of carboxylic acids is 1. The lowest BCUT2D eigenvalue weighted by Crippen LogP contribution is -2.26. The fourth-order valence-corrected chi connectivity index (χ4v) is 2.70. The van der Waals surface area contributed by atoms with Gasteiger partial charge in [-0.25, -0.2) is 4.79 Å². The molecule has 0 unspecified atom stereocenters. The summed E-state index contributed by atoms with van der Waals surface area (Å²) in [7, 11) is 1.74. The van der Waals surface area contributed by atoms with Crippen LogP contribution in [0.4, 0.5) is 0 Å². The van der Waals surface area contributed by atoms with Crippen LogP contribution in [-0.4, -0.2) is 28.2 Å². The van der Waals surface area contributed by atoms with Gasteiger partial charge in [0, 0.05) is 31.0 Å². The molecule has 1 aromatic carbocycles. The molecule has 0 saturated carbocycles. The van der Waals surface area contributed by atoms with Crippen LogP contribution in [0, 0.1) is 6.92 Å². The minimum Gasteiger partial charge on any atom is -0.494 e. The molecule has 0 bridgehead atoms. The summed E-state index contributed by atoms with van der Waals surface area (Å²) in [6.45, 7) is 4.51. The molecule has 0 atom stereocenters. The van der Waals surface area contributed by atoms with Crippen LogP contribution in [-0.2, 0) is 24.8 Å². The van der Waals surface area contributed by atoms with Gasteiger partial charge in [-0.2, -0.15) is 0 Å². The van der Waals surface area contributed by atoms with Crippen LogP contribution in [0.2, 0.25) is 0 Å². The molecule has 0 aliphatic carbocycles. The van der Waals surface area contributed by atoms with Crippen molar-refractivity contribution in [2.75, 3.05) is 6.61 Å². The van der Waals surface area contributed by atoms with E-state index in [1.807, 2.05) is 31.2 Å². The Balaban J connectivity index is 2.06. The van der Waals surface area contributed by atoms with Crippen LogP contribution < -0.4 is 10.1 Å². The quantitative estimate of drug-likeness (QED) is 0.816. The maximum absolute atomic E-state index is 12.2. The number of para-hydroxylation sites is 1. The third-order valence-electron chi connectivity index (χ3n) is 3.79. The van der Waals surface area contributed by atoms with Gasteiger partial charge in [-0.3, -0.25) is 4.79 Å². The van der Waals surface area contributed by atoms with E-state index in [0.717, 1.165) is 11.3 Å². The second kappa shape index (κ2) is 7.68. The largest absolute Gasteiger partial charge is 0.494 e. The number of aromatic carboxylic acids is 1. The van der Waals surface area contributed by atoms with Crippen LogP contribution in [0.3, 0.4) is 0 Å². The fourth-order valence-electron chi connectivity index (χ4n) is 2.70. The summed E-state index contributed by atoms with van der Waals surface area (Å²) in [5, 5.41) is 12.1. The summed E-state index contributed by atoms with van der Waals surface area (Å²) in [5.74, 6) is -0.510. The molecule has 0 fully saturated rings. The highest BCUT2D eigenvalue weighted by molar-refractivity contribution is 5.93. The molecular formula is C18H22N2O4. The van der Waals surface area contributed by atoms with Crippen molar-refractivity contribution < 1.29 is 19.4 Å². The summed E-state index contributed by atoms with van der Waals surface area (Å²) in [5.41, 5.74) is 2.22. The predicted molar refractivity (Wildman–Crippen MR) is 90.3 cm³/mol. The first kappa shape index (κ1) is 17.6. The van der Waals surface area contributed by atoms with Gasteiger partial charge in [0.1, 0.15) is 5.75 Å². The van der Waals surface area contributed by atoms with Crippen molar-refractivity contribution in [2.24, 2.45) is 7.05 Å². The first-order chi connectivity index (χ1) is 11.4. The highest BCUT2D eigenvalue weighted by Gasteiger charge is 2.20. The van der Waals surface area contributed by atoms with Crippen molar-refractivity contribution >= 4 is 11.9 Å². The Morgan fingerprint density at radius 3 is 2.67 bits per heavy atom. The maximum atomic E-state index is 12.2. The van der Waals surface area contributed by atoms with E-state index < -0.39 is 5.97 Å². The molecule has 128 valence electrons. The second-order valence-electron chi connectivity index (χ2n) is 5.54. The lowest BCUT2D eigenvalue weighted by atomic mass is 10.1. The number of aromatic nitrogens is 1. The Bertz CT molecular complexity index is 749. The Morgan fingerprint density at radius 1 is 1.29 bits per heavy atom. The standard InChI is InChI=1S/C18H22N2O4/c1-4-24-15-8-6-5-7-13(15)10-19-16(21)9-14-17(18(22)23)12(2)11-20(14)3/h5-8,11H,4,9-10H2,1-3H3,(H,19,21)(H,22,23). The highest BCUT2D eigenvalue weighted by Crippen LogP contribution is 2.19. The lowest BCUT2D eigenvalue weighted by Gasteiger charge is -2.11. The molecule has 6 nitrogen and oxygen atoms in total. The first-order valence-corrected chi connectivity index (χ1v) is 7.79. The van der Waals surface area contributed by atoms with Gasteiger partial charge in [-0.1, -0.05) is 18.2 Å². The number of benzene rings is 1. The molecule has 0 radical (unpaired) electrons. The predicted octanol–water partition coefficient (Wildman–Crippen LogP) is 2.29. The highest BCUT2D eigenvalue weighted by atomic mass is 16.5. The van der Waals surface area contributed by atoms with E-state index in [1.54, 1.807) is 24.7 Å². The minimum atomic E-state index is -1.02.